The van der Waals surface area contributed by atoms with E-state index in [0.717, 1.165) is 31.5 Å². The third-order valence-corrected chi connectivity index (χ3v) is 4.85. The van der Waals surface area contributed by atoms with Gasteiger partial charge < -0.3 is 0 Å². The van der Waals surface area contributed by atoms with Crippen LogP contribution in [0.25, 0.3) is 0 Å². The summed E-state index contributed by atoms with van der Waals surface area (Å²) >= 11 is 0. The number of ketones is 1. The average molecular weight is 257 g/mol. The lowest BCUT2D eigenvalue weighted by Crippen LogP contribution is -2.54. The molecule has 0 atom stereocenters. The first-order valence-corrected chi connectivity index (χ1v) is 7.68. The van der Waals surface area contributed by atoms with E-state index in [1.807, 2.05) is 30.3 Å². The van der Waals surface area contributed by atoms with Crippen LogP contribution in [0.1, 0.15) is 55.3 Å². The van der Waals surface area contributed by atoms with Crippen molar-refractivity contribution in [2.24, 2.45) is 0 Å². The van der Waals surface area contributed by atoms with Gasteiger partial charge in [-0.3, -0.25) is 9.69 Å². The Hall–Kier alpha value is -1.15. The van der Waals surface area contributed by atoms with Crippen LogP contribution >= 0.6 is 0 Å². The van der Waals surface area contributed by atoms with E-state index in [1.165, 1.54) is 32.1 Å². The van der Waals surface area contributed by atoms with E-state index in [2.05, 4.69) is 4.90 Å². The number of Topliss-reactive ketones (excluding diaryl/α,β-unsaturated/α-hetero) is 1. The molecule has 102 valence electrons. The van der Waals surface area contributed by atoms with Crippen LogP contribution in [0.15, 0.2) is 30.3 Å². The molecule has 1 aliphatic carbocycles. The first kappa shape index (κ1) is 12.9. The minimum absolute atomic E-state index is 0.184. The second-order valence-electron chi connectivity index (χ2n) is 5.98. The molecule has 1 aliphatic heterocycles. The molecule has 2 nitrogen and oxygen atoms in total. The highest BCUT2D eigenvalue weighted by Gasteiger charge is 2.45. The van der Waals surface area contributed by atoms with Crippen molar-refractivity contribution in [3.05, 3.63) is 35.9 Å². The van der Waals surface area contributed by atoms with Gasteiger partial charge in [-0.05, 0) is 38.8 Å². The first-order valence-electron chi connectivity index (χ1n) is 7.68. The number of rotatable bonds is 3. The molecule has 0 bridgehead atoms. The third kappa shape index (κ3) is 2.34. The van der Waals surface area contributed by atoms with E-state index in [-0.39, 0.29) is 5.54 Å². The van der Waals surface area contributed by atoms with Gasteiger partial charge >= 0.3 is 0 Å². The molecule has 3 rings (SSSR count). The summed E-state index contributed by atoms with van der Waals surface area (Å²) in [5, 5.41) is 0. The van der Waals surface area contributed by atoms with Crippen LogP contribution in [0.2, 0.25) is 0 Å². The smallest absolute Gasteiger partial charge is 0.183 e. The quantitative estimate of drug-likeness (QED) is 0.770. The molecule has 1 saturated heterocycles. The summed E-state index contributed by atoms with van der Waals surface area (Å²) in [5.74, 6) is 0.370. The Bertz CT molecular complexity index is 428. The van der Waals surface area contributed by atoms with Crippen molar-refractivity contribution in [1.82, 2.24) is 4.90 Å². The summed E-state index contributed by atoms with van der Waals surface area (Å²) in [6.07, 6.45) is 8.32. The lowest BCUT2D eigenvalue weighted by atomic mass is 9.75. The minimum Gasteiger partial charge on any atom is -0.292 e. The van der Waals surface area contributed by atoms with Crippen molar-refractivity contribution < 1.29 is 4.79 Å². The lowest BCUT2D eigenvalue weighted by molar-refractivity contribution is 0.0473. The maximum Gasteiger partial charge on any atom is 0.183 e. The molecule has 1 saturated carbocycles. The summed E-state index contributed by atoms with van der Waals surface area (Å²) in [6.45, 7) is 2.22. The van der Waals surface area contributed by atoms with Crippen LogP contribution in [0.5, 0.6) is 0 Å². The van der Waals surface area contributed by atoms with Crippen LogP contribution in [0.4, 0.5) is 0 Å². The van der Waals surface area contributed by atoms with Gasteiger partial charge in [0, 0.05) is 5.56 Å². The second kappa shape index (κ2) is 5.46. The van der Waals surface area contributed by atoms with Gasteiger partial charge in [0.25, 0.3) is 0 Å². The summed E-state index contributed by atoms with van der Waals surface area (Å²) in [7, 11) is 0. The summed E-state index contributed by atoms with van der Waals surface area (Å²) in [5.41, 5.74) is 0.715. The van der Waals surface area contributed by atoms with E-state index < -0.39 is 0 Å². The van der Waals surface area contributed by atoms with Crippen LogP contribution in [-0.4, -0.2) is 29.3 Å². The van der Waals surface area contributed by atoms with E-state index in [4.69, 9.17) is 0 Å². The molecule has 1 aromatic carbocycles. The zero-order chi connectivity index (χ0) is 13.1. The number of likely N-dealkylation sites (tertiary alicyclic amines) is 1. The molecule has 0 radical (unpaired) electrons. The maximum atomic E-state index is 13.1. The standard InChI is InChI=1S/C17H23NO/c19-16(15-9-3-1-4-10-15)17(11-5-2-6-12-17)18-13-7-8-14-18/h1,3-4,9-10H,2,5-8,11-14H2. The fourth-order valence-electron chi connectivity index (χ4n) is 3.83. The Labute approximate surface area is 115 Å². The predicted octanol–water partition coefficient (Wildman–Crippen LogP) is 3.67. The molecule has 2 aliphatic rings. The molecule has 0 aromatic heterocycles. The van der Waals surface area contributed by atoms with Crippen molar-refractivity contribution >= 4 is 5.78 Å². The topological polar surface area (TPSA) is 20.3 Å². The average Bonchev–Trinajstić information content (AvgIpc) is 3.03. The van der Waals surface area contributed by atoms with Crippen LogP contribution in [0.3, 0.4) is 0 Å². The number of carbonyl (C=O) groups excluding carboxylic acids is 1. The Kier molecular flexibility index (Phi) is 3.69. The number of hydrogen-bond acceptors (Lipinski definition) is 2. The Morgan fingerprint density at radius 2 is 1.53 bits per heavy atom. The normalized spacial score (nSPS) is 23.4. The fourth-order valence-corrected chi connectivity index (χ4v) is 3.83. The number of nitrogens with zero attached hydrogens (tertiary/aromatic N) is 1. The molecule has 1 aromatic rings. The molecular formula is C17H23NO. The minimum atomic E-state index is -0.184. The van der Waals surface area contributed by atoms with Gasteiger partial charge in [0.05, 0.1) is 5.54 Å². The highest BCUT2D eigenvalue weighted by molar-refractivity contribution is 6.03. The molecule has 2 fully saturated rings. The number of benzene rings is 1. The van der Waals surface area contributed by atoms with Crippen LogP contribution in [0, 0.1) is 0 Å². The largest absolute Gasteiger partial charge is 0.292 e. The third-order valence-electron chi connectivity index (χ3n) is 4.85. The highest BCUT2D eigenvalue weighted by atomic mass is 16.1. The summed E-state index contributed by atoms with van der Waals surface area (Å²) < 4.78 is 0. The van der Waals surface area contributed by atoms with Gasteiger partial charge in [0.2, 0.25) is 0 Å². The molecule has 19 heavy (non-hydrogen) atoms. The highest BCUT2D eigenvalue weighted by Crippen LogP contribution is 2.38. The zero-order valence-corrected chi connectivity index (χ0v) is 11.6. The SMILES string of the molecule is O=C(c1ccccc1)C1(N2CCCC2)CCCCC1. The maximum absolute atomic E-state index is 13.1. The first-order chi connectivity index (χ1) is 9.33. The van der Waals surface area contributed by atoms with Gasteiger partial charge in [-0.1, -0.05) is 49.6 Å². The molecule has 0 N–H and O–H groups in total. The van der Waals surface area contributed by atoms with Gasteiger partial charge in [-0.2, -0.15) is 0 Å². The van der Waals surface area contributed by atoms with E-state index in [9.17, 15) is 4.79 Å². The van der Waals surface area contributed by atoms with E-state index in [0.29, 0.717) is 5.78 Å². The molecule has 0 unspecified atom stereocenters. The fraction of sp³-hybridized carbons (Fsp3) is 0.588. The number of carbonyl (C=O) groups is 1. The second-order valence-corrected chi connectivity index (χ2v) is 5.98. The molecular weight excluding hydrogens is 234 g/mol. The molecule has 0 spiro atoms. The van der Waals surface area contributed by atoms with E-state index >= 15 is 0 Å². The van der Waals surface area contributed by atoms with Crippen LogP contribution in [-0.2, 0) is 0 Å². The Morgan fingerprint density at radius 3 is 2.16 bits per heavy atom. The zero-order valence-electron chi connectivity index (χ0n) is 11.6. The molecule has 1 heterocycles. The van der Waals surface area contributed by atoms with Crippen molar-refractivity contribution in [1.29, 1.82) is 0 Å². The molecule has 2 heteroatoms. The summed E-state index contributed by atoms with van der Waals surface area (Å²) in [4.78, 5) is 15.6. The van der Waals surface area contributed by atoms with Gasteiger partial charge in [-0.25, -0.2) is 0 Å². The van der Waals surface area contributed by atoms with E-state index in [1.54, 1.807) is 0 Å². The molecule has 0 amide bonds. The van der Waals surface area contributed by atoms with Gasteiger partial charge in [0.15, 0.2) is 5.78 Å². The Morgan fingerprint density at radius 1 is 0.895 bits per heavy atom. The predicted molar refractivity (Wildman–Crippen MR) is 77.4 cm³/mol. The van der Waals surface area contributed by atoms with Crippen molar-refractivity contribution in [2.45, 2.75) is 50.5 Å². The number of hydrogen-bond donors (Lipinski definition) is 0. The van der Waals surface area contributed by atoms with Crippen molar-refractivity contribution in [2.75, 3.05) is 13.1 Å². The van der Waals surface area contributed by atoms with Gasteiger partial charge in [0.1, 0.15) is 0 Å². The van der Waals surface area contributed by atoms with Crippen molar-refractivity contribution in [3.8, 4) is 0 Å². The summed E-state index contributed by atoms with van der Waals surface area (Å²) in [6, 6.07) is 9.91. The monoisotopic (exact) mass is 257 g/mol. The van der Waals surface area contributed by atoms with Crippen LogP contribution < -0.4 is 0 Å². The Balaban J connectivity index is 1.92. The lowest BCUT2D eigenvalue weighted by Gasteiger charge is -2.43. The van der Waals surface area contributed by atoms with Gasteiger partial charge in [-0.15, -0.1) is 0 Å². The van der Waals surface area contributed by atoms with Crippen molar-refractivity contribution in [3.63, 3.8) is 0 Å².